The smallest absolute Gasteiger partial charge is 0.188 e. The molecule has 24 heavy (non-hydrogen) atoms. The van der Waals surface area contributed by atoms with Crippen molar-refractivity contribution in [3.8, 4) is 11.5 Å². The molecule has 0 fully saturated rings. The summed E-state index contributed by atoms with van der Waals surface area (Å²) < 4.78 is 24.4. The molecule has 0 N–H and O–H groups in total. The van der Waals surface area contributed by atoms with Gasteiger partial charge in [0.15, 0.2) is 12.5 Å². The quantitative estimate of drug-likeness (QED) is 0.612. The predicted octanol–water partition coefficient (Wildman–Crippen LogP) is 4.09. The second-order valence-corrected chi connectivity index (χ2v) is 5.57. The van der Waals surface area contributed by atoms with Crippen LogP contribution in [0.1, 0.15) is 12.5 Å². The number of hydrogen-bond acceptors (Lipinski definition) is 4. The minimum absolute atomic E-state index is 0.181. The second kappa shape index (κ2) is 7.11. The molecule has 1 heterocycles. The summed E-state index contributed by atoms with van der Waals surface area (Å²) in [5.41, 5.74) is 3.06. The Kier molecular flexibility index (Phi) is 4.92. The van der Waals surface area contributed by atoms with Gasteiger partial charge in [-0.05, 0) is 26.0 Å². The van der Waals surface area contributed by atoms with E-state index in [1.165, 1.54) is 0 Å². The molecule has 1 aromatic heterocycles. The molecule has 5 nitrogen and oxygen atoms in total. The van der Waals surface area contributed by atoms with E-state index in [1.54, 1.807) is 14.2 Å². The van der Waals surface area contributed by atoms with Gasteiger partial charge in [0.1, 0.15) is 12.5 Å². The van der Waals surface area contributed by atoms with E-state index < -0.39 is 0 Å². The van der Waals surface area contributed by atoms with Crippen molar-refractivity contribution in [1.82, 2.24) is 4.57 Å². The van der Waals surface area contributed by atoms with Crippen molar-refractivity contribution >= 4 is 21.8 Å². The van der Waals surface area contributed by atoms with Crippen molar-refractivity contribution in [2.45, 2.75) is 20.6 Å². The Morgan fingerprint density at radius 3 is 2.50 bits per heavy atom. The molecule has 0 aliphatic carbocycles. The SMILES string of the molecule is CCOc1cc2c3ccccc3n(COC)c2c(OCOC)c1C. The van der Waals surface area contributed by atoms with Crippen LogP contribution in [0.3, 0.4) is 0 Å². The van der Waals surface area contributed by atoms with Gasteiger partial charge in [-0.2, -0.15) is 0 Å². The van der Waals surface area contributed by atoms with E-state index in [0.29, 0.717) is 13.3 Å². The zero-order valence-corrected chi connectivity index (χ0v) is 14.6. The summed E-state index contributed by atoms with van der Waals surface area (Å²) in [6.07, 6.45) is 0. The van der Waals surface area contributed by atoms with Gasteiger partial charge in [-0.25, -0.2) is 0 Å². The first-order chi connectivity index (χ1) is 11.7. The van der Waals surface area contributed by atoms with Gasteiger partial charge in [0.2, 0.25) is 0 Å². The Morgan fingerprint density at radius 1 is 1.00 bits per heavy atom. The third kappa shape index (κ3) is 2.70. The van der Waals surface area contributed by atoms with Crippen LogP contribution in [0.4, 0.5) is 0 Å². The highest BCUT2D eigenvalue weighted by Crippen LogP contribution is 2.41. The van der Waals surface area contributed by atoms with Gasteiger partial charge in [0.25, 0.3) is 0 Å². The summed E-state index contributed by atoms with van der Waals surface area (Å²) in [6.45, 7) is 5.21. The minimum atomic E-state index is 0.181. The van der Waals surface area contributed by atoms with Crippen LogP contribution >= 0.6 is 0 Å². The van der Waals surface area contributed by atoms with Gasteiger partial charge in [0.05, 0.1) is 17.6 Å². The van der Waals surface area contributed by atoms with Crippen LogP contribution in [0.5, 0.6) is 11.5 Å². The van der Waals surface area contributed by atoms with Crippen LogP contribution in [0, 0.1) is 6.92 Å². The lowest BCUT2D eigenvalue weighted by Crippen LogP contribution is -2.06. The fraction of sp³-hybridized carbons (Fsp3) is 0.368. The molecule has 0 bridgehead atoms. The van der Waals surface area contributed by atoms with Gasteiger partial charge in [-0.1, -0.05) is 18.2 Å². The van der Waals surface area contributed by atoms with Gasteiger partial charge in [0, 0.05) is 30.6 Å². The van der Waals surface area contributed by atoms with Crippen LogP contribution in [-0.4, -0.2) is 32.2 Å². The molecule has 0 atom stereocenters. The Balaban J connectivity index is 2.39. The Hall–Kier alpha value is -2.24. The number of hydrogen-bond donors (Lipinski definition) is 0. The highest BCUT2D eigenvalue weighted by atomic mass is 16.7. The van der Waals surface area contributed by atoms with E-state index in [1.807, 2.05) is 26.0 Å². The van der Waals surface area contributed by atoms with E-state index in [9.17, 15) is 0 Å². The number of aromatic nitrogens is 1. The number of benzene rings is 2. The van der Waals surface area contributed by atoms with Crippen molar-refractivity contribution in [3.63, 3.8) is 0 Å². The van der Waals surface area contributed by atoms with Crippen molar-refractivity contribution < 1.29 is 18.9 Å². The fourth-order valence-electron chi connectivity index (χ4n) is 3.11. The lowest BCUT2D eigenvalue weighted by Gasteiger charge is -2.16. The zero-order valence-electron chi connectivity index (χ0n) is 14.6. The summed E-state index contributed by atoms with van der Waals surface area (Å²) in [5.74, 6) is 1.60. The molecule has 2 aromatic carbocycles. The summed E-state index contributed by atoms with van der Waals surface area (Å²) in [7, 11) is 3.31. The van der Waals surface area contributed by atoms with Gasteiger partial charge in [-0.15, -0.1) is 0 Å². The molecule has 128 valence electrons. The van der Waals surface area contributed by atoms with Crippen LogP contribution in [0.25, 0.3) is 21.8 Å². The lowest BCUT2D eigenvalue weighted by molar-refractivity contribution is 0.0509. The summed E-state index contributed by atoms with van der Waals surface area (Å²) in [4.78, 5) is 0. The number of methoxy groups -OCH3 is 2. The first kappa shape index (κ1) is 16.6. The number of para-hydroxylation sites is 1. The molecule has 0 amide bonds. The summed E-state index contributed by atoms with van der Waals surface area (Å²) >= 11 is 0. The monoisotopic (exact) mass is 329 g/mol. The van der Waals surface area contributed by atoms with Crippen molar-refractivity contribution in [3.05, 3.63) is 35.9 Å². The topological polar surface area (TPSA) is 41.9 Å². The Bertz CT molecular complexity index is 854. The van der Waals surface area contributed by atoms with Crippen LogP contribution in [0.15, 0.2) is 30.3 Å². The van der Waals surface area contributed by atoms with Crippen LogP contribution < -0.4 is 9.47 Å². The average molecular weight is 329 g/mol. The highest BCUT2D eigenvalue weighted by Gasteiger charge is 2.20. The molecule has 5 heteroatoms. The van der Waals surface area contributed by atoms with E-state index in [-0.39, 0.29) is 6.79 Å². The molecule has 0 saturated carbocycles. The van der Waals surface area contributed by atoms with Gasteiger partial charge >= 0.3 is 0 Å². The van der Waals surface area contributed by atoms with E-state index in [0.717, 1.165) is 38.9 Å². The molecule has 3 aromatic rings. The molecule has 0 aliphatic rings. The molecular weight excluding hydrogens is 306 g/mol. The van der Waals surface area contributed by atoms with Crippen LogP contribution in [0.2, 0.25) is 0 Å². The first-order valence-corrected chi connectivity index (χ1v) is 8.00. The molecular formula is C19H23NO4. The van der Waals surface area contributed by atoms with Crippen molar-refractivity contribution in [2.75, 3.05) is 27.6 Å². The average Bonchev–Trinajstić information content (AvgIpc) is 2.90. The van der Waals surface area contributed by atoms with Crippen molar-refractivity contribution in [2.24, 2.45) is 0 Å². The standard InChI is InChI=1S/C19H23NO4/c1-5-23-17-10-15-14-8-6-7-9-16(14)20(11-21-3)18(15)19(13(17)2)24-12-22-4/h6-10H,5,11-12H2,1-4H3. The maximum Gasteiger partial charge on any atom is 0.188 e. The zero-order chi connectivity index (χ0) is 17.1. The van der Waals surface area contributed by atoms with Gasteiger partial charge < -0.3 is 23.5 Å². The molecule has 0 saturated heterocycles. The fourth-order valence-corrected chi connectivity index (χ4v) is 3.11. The maximum absolute atomic E-state index is 5.92. The highest BCUT2D eigenvalue weighted by molar-refractivity contribution is 6.11. The molecule has 0 aliphatic heterocycles. The Morgan fingerprint density at radius 2 is 1.79 bits per heavy atom. The number of rotatable bonds is 7. The normalized spacial score (nSPS) is 11.3. The lowest BCUT2D eigenvalue weighted by atomic mass is 10.1. The number of fused-ring (bicyclic) bond motifs is 3. The third-order valence-corrected chi connectivity index (χ3v) is 4.09. The third-order valence-electron chi connectivity index (χ3n) is 4.09. The summed E-state index contributed by atoms with van der Waals surface area (Å²) in [6, 6.07) is 10.3. The second-order valence-electron chi connectivity index (χ2n) is 5.57. The number of ether oxygens (including phenoxy) is 4. The van der Waals surface area contributed by atoms with Crippen LogP contribution in [-0.2, 0) is 16.2 Å². The summed E-state index contributed by atoms with van der Waals surface area (Å²) in [5, 5.41) is 2.23. The number of nitrogens with zero attached hydrogens (tertiary/aromatic N) is 1. The van der Waals surface area contributed by atoms with E-state index in [2.05, 4.69) is 22.8 Å². The first-order valence-electron chi connectivity index (χ1n) is 8.00. The van der Waals surface area contributed by atoms with Crippen molar-refractivity contribution in [1.29, 1.82) is 0 Å². The largest absolute Gasteiger partial charge is 0.493 e. The predicted molar refractivity (Wildman–Crippen MR) is 94.9 cm³/mol. The molecule has 0 spiro atoms. The molecule has 3 rings (SSSR count). The minimum Gasteiger partial charge on any atom is -0.493 e. The van der Waals surface area contributed by atoms with E-state index >= 15 is 0 Å². The Labute approximate surface area is 141 Å². The van der Waals surface area contributed by atoms with Gasteiger partial charge in [-0.3, -0.25) is 0 Å². The maximum atomic E-state index is 5.92. The molecule has 0 radical (unpaired) electrons. The molecule has 0 unspecified atom stereocenters. The van der Waals surface area contributed by atoms with E-state index in [4.69, 9.17) is 18.9 Å².